The molecule has 0 spiro atoms. The number of benzene rings is 2. The highest BCUT2D eigenvalue weighted by Gasteiger charge is 2.11. The highest BCUT2D eigenvalue weighted by atomic mass is 127. The smallest absolute Gasteiger partial charge is 0.193 e. The van der Waals surface area contributed by atoms with Crippen molar-refractivity contribution in [1.82, 2.24) is 0 Å². The summed E-state index contributed by atoms with van der Waals surface area (Å²) in [6.45, 7) is 4.09. The third-order valence-corrected chi connectivity index (χ3v) is 5.12. The van der Waals surface area contributed by atoms with E-state index in [1.807, 2.05) is 0 Å². The third-order valence-electron chi connectivity index (χ3n) is 5.12. The molecule has 0 bridgehead atoms. The first-order valence-corrected chi connectivity index (χ1v) is 9.38. The normalized spacial score (nSPS) is 16.6. The van der Waals surface area contributed by atoms with Crippen LogP contribution in [-0.2, 0) is 24.1 Å². The van der Waals surface area contributed by atoms with Gasteiger partial charge >= 0.3 is 0 Å². The summed E-state index contributed by atoms with van der Waals surface area (Å²) in [5, 5.41) is 3.21. The molecule has 0 radical (unpaired) electrons. The molecule has 2 aliphatic rings. The standard InChI is InChI=1S/C21H26N4O.HI/c22-21(24-19-7-6-17-2-1-3-18(17)14-19)23-15-16-4-8-20(9-5-16)25-10-12-26-13-11-25;/h4-9,14H,1-3,10-13,15H2,(H3,22,23,24);1H. The molecule has 5 nitrogen and oxygen atoms in total. The Morgan fingerprint density at radius 1 is 1.04 bits per heavy atom. The van der Waals surface area contributed by atoms with E-state index in [-0.39, 0.29) is 24.0 Å². The van der Waals surface area contributed by atoms with Crippen LogP contribution in [0.3, 0.4) is 0 Å². The minimum Gasteiger partial charge on any atom is -0.378 e. The van der Waals surface area contributed by atoms with Gasteiger partial charge in [0, 0.05) is 24.5 Å². The number of guanidine groups is 1. The van der Waals surface area contributed by atoms with Gasteiger partial charge in [-0.05, 0) is 60.2 Å². The van der Waals surface area contributed by atoms with E-state index in [0.717, 1.165) is 44.0 Å². The van der Waals surface area contributed by atoms with E-state index in [9.17, 15) is 0 Å². The summed E-state index contributed by atoms with van der Waals surface area (Å²) < 4.78 is 5.40. The van der Waals surface area contributed by atoms with E-state index in [2.05, 4.69) is 57.7 Å². The summed E-state index contributed by atoms with van der Waals surface area (Å²) in [7, 11) is 0. The Kier molecular flexibility index (Phi) is 6.95. The zero-order chi connectivity index (χ0) is 17.8. The van der Waals surface area contributed by atoms with Crippen molar-refractivity contribution >= 4 is 41.3 Å². The number of nitrogens with zero attached hydrogens (tertiary/aromatic N) is 2. The molecule has 1 aliphatic carbocycles. The Balaban J connectivity index is 0.00000210. The average Bonchev–Trinajstić information content (AvgIpc) is 3.15. The van der Waals surface area contributed by atoms with Crippen LogP contribution < -0.4 is 16.0 Å². The summed E-state index contributed by atoms with van der Waals surface area (Å²) in [6.07, 6.45) is 3.61. The van der Waals surface area contributed by atoms with E-state index in [0.29, 0.717) is 12.5 Å². The quantitative estimate of drug-likeness (QED) is 0.401. The predicted octanol–water partition coefficient (Wildman–Crippen LogP) is 3.56. The maximum Gasteiger partial charge on any atom is 0.193 e. The maximum absolute atomic E-state index is 6.06. The van der Waals surface area contributed by atoms with Gasteiger partial charge in [0.05, 0.1) is 19.8 Å². The van der Waals surface area contributed by atoms with Crippen LogP contribution in [0.4, 0.5) is 11.4 Å². The van der Waals surface area contributed by atoms with Crippen molar-refractivity contribution in [1.29, 1.82) is 0 Å². The van der Waals surface area contributed by atoms with Gasteiger partial charge in [0.1, 0.15) is 0 Å². The number of nitrogens with two attached hydrogens (primary N) is 1. The lowest BCUT2D eigenvalue weighted by Crippen LogP contribution is -2.36. The molecule has 144 valence electrons. The largest absolute Gasteiger partial charge is 0.378 e. The number of rotatable bonds is 4. The van der Waals surface area contributed by atoms with Crippen molar-refractivity contribution in [3.8, 4) is 0 Å². The molecule has 0 saturated carbocycles. The molecule has 0 aromatic heterocycles. The number of ether oxygens (including phenoxy) is 1. The number of aryl methyl sites for hydroxylation is 2. The van der Waals surface area contributed by atoms with Crippen LogP contribution in [0.15, 0.2) is 47.5 Å². The van der Waals surface area contributed by atoms with Gasteiger partial charge in [-0.3, -0.25) is 0 Å². The number of hydrogen-bond donors (Lipinski definition) is 2. The van der Waals surface area contributed by atoms with Crippen molar-refractivity contribution in [2.45, 2.75) is 25.8 Å². The van der Waals surface area contributed by atoms with Crippen LogP contribution in [-0.4, -0.2) is 32.3 Å². The highest BCUT2D eigenvalue weighted by Crippen LogP contribution is 2.24. The number of aliphatic imine (C=N–C) groups is 1. The third kappa shape index (κ3) is 5.13. The number of nitrogens with one attached hydrogen (secondary N) is 1. The zero-order valence-electron chi connectivity index (χ0n) is 15.5. The maximum atomic E-state index is 6.06. The van der Waals surface area contributed by atoms with Crippen LogP contribution in [0.25, 0.3) is 0 Å². The summed E-state index contributed by atoms with van der Waals surface area (Å²) in [4.78, 5) is 6.82. The predicted molar refractivity (Wildman–Crippen MR) is 122 cm³/mol. The molecule has 3 N–H and O–H groups in total. The van der Waals surface area contributed by atoms with Gasteiger partial charge < -0.3 is 20.7 Å². The summed E-state index contributed by atoms with van der Waals surface area (Å²) in [5.74, 6) is 0.459. The SMILES string of the molecule is I.NC(=NCc1ccc(N2CCOCC2)cc1)Nc1ccc2c(c1)CCC2. The average molecular weight is 478 g/mol. The molecular weight excluding hydrogens is 451 g/mol. The summed E-state index contributed by atoms with van der Waals surface area (Å²) >= 11 is 0. The molecule has 4 rings (SSSR count). The van der Waals surface area contributed by atoms with Crippen molar-refractivity contribution in [2.24, 2.45) is 10.7 Å². The van der Waals surface area contributed by atoms with E-state index >= 15 is 0 Å². The number of anilines is 2. The Bertz CT molecular complexity index is 785. The summed E-state index contributed by atoms with van der Waals surface area (Å²) in [6, 6.07) is 15.0. The fourth-order valence-corrected chi connectivity index (χ4v) is 3.65. The molecule has 0 atom stereocenters. The first-order chi connectivity index (χ1) is 12.8. The minimum absolute atomic E-state index is 0. The van der Waals surface area contributed by atoms with Gasteiger partial charge in [-0.25, -0.2) is 4.99 Å². The molecule has 0 unspecified atom stereocenters. The van der Waals surface area contributed by atoms with Crippen LogP contribution in [0.5, 0.6) is 0 Å². The van der Waals surface area contributed by atoms with E-state index in [1.54, 1.807) is 0 Å². The molecule has 2 aromatic carbocycles. The Morgan fingerprint density at radius 2 is 1.78 bits per heavy atom. The van der Waals surface area contributed by atoms with Crippen molar-refractivity contribution in [3.63, 3.8) is 0 Å². The first-order valence-electron chi connectivity index (χ1n) is 9.38. The molecule has 6 heteroatoms. The molecule has 1 heterocycles. The van der Waals surface area contributed by atoms with Crippen LogP contribution >= 0.6 is 24.0 Å². The second-order valence-corrected chi connectivity index (χ2v) is 6.93. The second-order valence-electron chi connectivity index (χ2n) is 6.93. The van der Waals surface area contributed by atoms with Crippen molar-refractivity contribution < 1.29 is 4.74 Å². The Morgan fingerprint density at radius 3 is 2.56 bits per heavy atom. The van der Waals surface area contributed by atoms with Crippen LogP contribution in [0.2, 0.25) is 0 Å². The van der Waals surface area contributed by atoms with Crippen molar-refractivity contribution in [3.05, 3.63) is 59.2 Å². The topological polar surface area (TPSA) is 62.9 Å². The van der Waals surface area contributed by atoms with Crippen molar-refractivity contribution in [2.75, 3.05) is 36.5 Å². The lowest BCUT2D eigenvalue weighted by molar-refractivity contribution is 0.122. The zero-order valence-corrected chi connectivity index (χ0v) is 17.8. The number of morpholine rings is 1. The summed E-state index contributed by atoms with van der Waals surface area (Å²) in [5.41, 5.74) is 12.4. The Hall–Kier alpha value is -1.80. The monoisotopic (exact) mass is 478 g/mol. The lowest BCUT2D eigenvalue weighted by Gasteiger charge is -2.28. The molecule has 27 heavy (non-hydrogen) atoms. The van der Waals surface area contributed by atoms with Crippen LogP contribution in [0, 0.1) is 0 Å². The molecule has 1 aliphatic heterocycles. The molecule has 1 fully saturated rings. The fraction of sp³-hybridized carbons (Fsp3) is 0.381. The van der Waals surface area contributed by atoms with Gasteiger partial charge in [-0.2, -0.15) is 0 Å². The highest BCUT2D eigenvalue weighted by molar-refractivity contribution is 14.0. The number of fused-ring (bicyclic) bond motifs is 1. The molecule has 2 aromatic rings. The van der Waals surface area contributed by atoms with Gasteiger partial charge in [0.15, 0.2) is 5.96 Å². The van der Waals surface area contributed by atoms with E-state index in [1.165, 1.54) is 29.7 Å². The lowest BCUT2D eigenvalue weighted by atomic mass is 10.1. The molecule has 0 amide bonds. The van der Waals surface area contributed by atoms with Gasteiger partial charge in [0.2, 0.25) is 0 Å². The van der Waals surface area contributed by atoms with E-state index in [4.69, 9.17) is 10.5 Å². The first kappa shape index (κ1) is 19.9. The Labute approximate surface area is 178 Å². The second kappa shape index (κ2) is 9.41. The number of hydrogen-bond acceptors (Lipinski definition) is 3. The van der Waals surface area contributed by atoms with Gasteiger partial charge in [-0.1, -0.05) is 18.2 Å². The minimum atomic E-state index is 0. The molecule has 1 saturated heterocycles. The van der Waals surface area contributed by atoms with Gasteiger partial charge in [-0.15, -0.1) is 24.0 Å². The molecular formula is C21H27IN4O. The fourth-order valence-electron chi connectivity index (χ4n) is 3.65. The number of halogens is 1. The van der Waals surface area contributed by atoms with E-state index < -0.39 is 0 Å². The van der Waals surface area contributed by atoms with Crippen LogP contribution in [0.1, 0.15) is 23.1 Å². The van der Waals surface area contributed by atoms with Gasteiger partial charge in [0.25, 0.3) is 0 Å².